The zero-order chi connectivity index (χ0) is 14.4. The van der Waals surface area contributed by atoms with E-state index >= 15 is 0 Å². The Balaban J connectivity index is 5.38. The van der Waals surface area contributed by atoms with Gasteiger partial charge in [0, 0.05) is 0 Å². The van der Waals surface area contributed by atoms with Gasteiger partial charge < -0.3 is 0 Å². The molecule has 2 heteroatoms. The molecule has 0 N–H and O–H groups in total. The second-order valence-electron chi connectivity index (χ2n) is 7.57. The molecule has 0 saturated carbocycles. The minimum Gasteiger partial charge on any atom is -0.0916 e. The summed E-state index contributed by atoms with van der Waals surface area (Å²) in [6.45, 7) is 19.3. The standard InChI is InChI=1S/C16H34Si2/c1-9-11-15(13-17(3,4)5)16(12-10-2)14-18(6,7)8/h13-14H,9-12H2,1-8H3. The van der Waals surface area contributed by atoms with Crippen LogP contribution in [-0.4, -0.2) is 16.1 Å². The molecular weight excluding hydrogens is 248 g/mol. The Labute approximate surface area is 118 Å². The van der Waals surface area contributed by atoms with Crippen LogP contribution in [-0.2, 0) is 0 Å². The van der Waals surface area contributed by atoms with Gasteiger partial charge in [-0.25, -0.2) is 0 Å². The molecule has 0 aliphatic rings. The van der Waals surface area contributed by atoms with Crippen LogP contribution in [0.1, 0.15) is 39.5 Å². The summed E-state index contributed by atoms with van der Waals surface area (Å²) in [5.74, 6) is 0. The lowest BCUT2D eigenvalue weighted by Gasteiger charge is -2.20. The second-order valence-corrected chi connectivity index (χ2v) is 17.6. The smallest absolute Gasteiger partial charge is 0.0690 e. The molecule has 0 bridgehead atoms. The lowest BCUT2D eigenvalue weighted by atomic mass is 10.0. The van der Waals surface area contributed by atoms with Crippen LogP contribution in [0.3, 0.4) is 0 Å². The monoisotopic (exact) mass is 282 g/mol. The maximum absolute atomic E-state index is 2.64. The predicted molar refractivity (Wildman–Crippen MR) is 92.7 cm³/mol. The molecule has 0 rings (SSSR count). The van der Waals surface area contributed by atoms with Crippen molar-refractivity contribution in [2.24, 2.45) is 0 Å². The Morgan fingerprint density at radius 1 is 0.667 bits per heavy atom. The number of hydrogen-bond acceptors (Lipinski definition) is 0. The molecule has 18 heavy (non-hydrogen) atoms. The molecule has 0 aliphatic heterocycles. The van der Waals surface area contributed by atoms with E-state index < -0.39 is 16.1 Å². The average molecular weight is 283 g/mol. The Morgan fingerprint density at radius 3 is 1.11 bits per heavy atom. The SMILES string of the molecule is CCCC(=C[Si](C)(C)C)C(=C[Si](C)(C)C)CCC. The van der Waals surface area contributed by atoms with E-state index in [1.807, 2.05) is 0 Å². The largest absolute Gasteiger partial charge is 0.0916 e. The highest BCUT2D eigenvalue weighted by molar-refractivity contribution is 6.81. The van der Waals surface area contributed by atoms with Crippen LogP contribution in [0.25, 0.3) is 0 Å². The number of allylic oxidation sites excluding steroid dienone is 2. The molecule has 106 valence electrons. The highest BCUT2D eigenvalue weighted by atomic mass is 28.3. The molecule has 0 fully saturated rings. The van der Waals surface area contributed by atoms with E-state index in [2.05, 4.69) is 64.5 Å². The maximum Gasteiger partial charge on any atom is 0.0690 e. The molecule has 0 saturated heterocycles. The molecule has 0 aromatic heterocycles. The first kappa shape index (κ1) is 17.9. The van der Waals surface area contributed by atoms with Crippen molar-refractivity contribution >= 4 is 16.1 Å². The van der Waals surface area contributed by atoms with Gasteiger partial charge in [0.2, 0.25) is 0 Å². The highest BCUT2D eigenvalue weighted by Gasteiger charge is 2.16. The molecule has 0 aliphatic carbocycles. The van der Waals surface area contributed by atoms with Crippen LogP contribution >= 0.6 is 0 Å². The Hall–Kier alpha value is -0.0862. The van der Waals surface area contributed by atoms with Crippen LogP contribution in [0, 0.1) is 0 Å². The summed E-state index contributed by atoms with van der Waals surface area (Å²) in [5, 5.41) is 0. The molecule has 0 nitrogen and oxygen atoms in total. The van der Waals surface area contributed by atoms with Crippen molar-refractivity contribution in [3.8, 4) is 0 Å². The van der Waals surface area contributed by atoms with Crippen LogP contribution in [0.4, 0.5) is 0 Å². The van der Waals surface area contributed by atoms with E-state index in [1.54, 1.807) is 11.1 Å². The van der Waals surface area contributed by atoms with E-state index in [0.29, 0.717) is 0 Å². The minimum absolute atomic E-state index is 1.11. The molecule has 0 heterocycles. The third-order valence-electron chi connectivity index (χ3n) is 2.67. The maximum atomic E-state index is 2.64. The van der Waals surface area contributed by atoms with Gasteiger partial charge in [-0.05, 0) is 12.8 Å². The van der Waals surface area contributed by atoms with Gasteiger partial charge >= 0.3 is 0 Å². The van der Waals surface area contributed by atoms with Crippen molar-refractivity contribution in [1.29, 1.82) is 0 Å². The summed E-state index contributed by atoms with van der Waals surface area (Å²) in [5.41, 5.74) is 8.61. The fourth-order valence-electron chi connectivity index (χ4n) is 2.23. The van der Waals surface area contributed by atoms with Crippen molar-refractivity contribution in [1.82, 2.24) is 0 Å². The minimum atomic E-state index is -1.11. The summed E-state index contributed by atoms with van der Waals surface area (Å²) in [6.07, 6.45) is 5.06. The first-order valence-electron chi connectivity index (χ1n) is 7.53. The highest BCUT2D eigenvalue weighted by Crippen LogP contribution is 2.25. The molecule has 0 radical (unpaired) electrons. The lowest BCUT2D eigenvalue weighted by Crippen LogP contribution is -2.20. The first-order chi connectivity index (χ1) is 8.09. The third-order valence-corrected chi connectivity index (χ3v) is 5.09. The van der Waals surface area contributed by atoms with Crippen LogP contribution < -0.4 is 0 Å². The lowest BCUT2D eigenvalue weighted by molar-refractivity contribution is 0.854. The van der Waals surface area contributed by atoms with Crippen molar-refractivity contribution < 1.29 is 0 Å². The normalized spacial score (nSPS) is 15.1. The predicted octanol–water partition coefficient (Wildman–Crippen LogP) is 6.19. The Bertz CT molecular complexity index is 266. The summed E-state index contributed by atoms with van der Waals surface area (Å²) < 4.78 is 0. The van der Waals surface area contributed by atoms with Gasteiger partial charge in [-0.1, -0.05) is 88.5 Å². The molecule has 0 atom stereocenters. The third kappa shape index (κ3) is 8.93. The molecular formula is C16H34Si2. The fraction of sp³-hybridized carbons (Fsp3) is 0.750. The molecule has 0 unspecified atom stereocenters. The Kier molecular flexibility index (Phi) is 7.45. The number of hydrogen-bond donors (Lipinski definition) is 0. The summed E-state index contributed by atoms with van der Waals surface area (Å²) in [4.78, 5) is 0. The molecule has 0 aromatic rings. The van der Waals surface area contributed by atoms with Gasteiger partial charge in [-0.3, -0.25) is 0 Å². The zero-order valence-electron chi connectivity index (χ0n) is 14.0. The fourth-order valence-corrected chi connectivity index (χ4v) is 4.99. The summed E-state index contributed by atoms with van der Waals surface area (Å²) in [7, 11) is -2.22. The average Bonchev–Trinajstić information content (AvgIpc) is 2.12. The van der Waals surface area contributed by atoms with Gasteiger partial charge in [-0.15, -0.1) is 0 Å². The van der Waals surface area contributed by atoms with E-state index in [0.717, 1.165) is 0 Å². The second kappa shape index (κ2) is 7.49. The van der Waals surface area contributed by atoms with Crippen LogP contribution in [0.2, 0.25) is 39.3 Å². The zero-order valence-corrected chi connectivity index (χ0v) is 16.0. The molecule has 0 amide bonds. The van der Waals surface area contributed by atoms with Gasteiger partial charge in [0.05, 0.1) is 16.1 Å². The van der Waals surface area contributed by atoms with E-state index in [-0.39, 0.29) is 0 Å². The van der Waals surface area contributed by atoms with Gasteiger partial charge in [0.1, 0.15) is 0 Å². The summed E-state index contributed by atoms with van der Waals surface area (Å²) in [6, 6.07) is 0. The van der Waals surface area contributed by atoms with Gasteiger partial charge in [0.15, 0.2) is 0 Å². The van der Waals surface area contributed by atoms with Crippen LogP contribution in [0.5, 0.6) is 0 Å². The van der Waals surface area contributed by atoms with E-state index in [1.165, 1.54) is 25.7 Å². The van der Waals surface area contributed by atoms with E-state index in [4.69, 9.17) is 0 Å². The van der Waals surface area contributed by atoms with Gasteiger partial charge in [0.25, 0.3) is 0 Å². The van der Waals surface area contributed by atoms with Crippen molar-refractivity contribution in [2.45, 2.75) is 78.8 Å². The Morgan fingerprint density at radius 2 is 0.944 bits per heavy atom. The van der Waals surface area contributed by atoms with E-state index in [9.17, 15) is 0 Å². The molecule has 0 aromatic carbocycles. The van der Waals surface area contributed by atoms with Gasteiger partial charge in [-0.2, -0.15) is 0 Å². The quantitative estimate of drug-likeness (QED) is 0.385. The topological polar surface area (TPSA) is 0 Å². The molecule has 0 spiro atoms. The first-order valence-corrected chi connectivity index (χ1v) is 14.7. The number of rotatable bonds is 7. The van der Waals surface area contributed by atoms with Crippen LogP contribution in [0.15, 0.2) is 22.5 Å². The van der Waals surface area contributed by atoms with Crippen molar-refractivity contribution in [3.05, 3.63) is 22.5 Å². The van der Waals surface area contributed by atoms with Crippen molar-refractivity contribution in [2.75, 3.05) is 0 Å². The van der Waals surface area contributed by atoms with Crippen molar-refractivity contribution in [3.63, 3.8) is 0 Å². The summed E-state index contributed by atoms with van der Waals surface area (Å²) >= 11 is 0.